The summed E-state index contributed by atoms with van der Waals surface area (Å²) in [4.78, 5) is 31.6. The number of amides is 1. The van der Waals surface area contributed by atoms with Crippen LogP contribution in [0, 0.1) is 0 Å². The summed E-state index contributed by atoms with van der Waals surface area (Å²) in [6, 6.07) is 11.3. The Morgan fingerprint density at radius 3 is 2.84 bits per heavy atom. The Balaban J connectivity index is 1.69. The van der Waals surface area contributed by atoms with Crippen molar-refractivity contribution in [3.05, 3.63) is 81.3 Å². The Morgan fingerprint density at radius 1 is 1.26 bits per heavy atom. The van der Waals surface area contributed by atoms with Crippen LogP contribution in [0.1, 0.15) is 29.7 Å². The minimum absolute atomic E-state index is 0.00869. The highest BCUT2D eigenvalue weighted by Crippen LogP contribution is 2.43. The fourth-order valence-electron chi connectivity index (χ4n) is 4.08. The summed E-state index contributed by atoms with van der Waals surface area (Å²) in [5.41, 5.74) is 2.03. The van der Waals surface area contributed by atoms with E-state index in [-0.39, 0.29) is 17.4 Å². The fourth-order valence-corrected chi connectivity index (χ4v) is 4.95. The number of aromatic nitrogens is 1. The molecular weight excluding hydrogens is 436 g/mol. The first kappa shape index (κ1) is 19.8. The number of nitrogens with zero attached hydrogens (tertiary/aromatic N) is 2. The Bertz CT molecular complexity index is 1240. The normalized spacial score (nSPS) is 21.9. The molecule has 156 valence electrons. The topological polar surface area (TPSA) is 79.7 Å². The van der Waals surface area contributed by atoms with Crippen LogP contribution < -0.4 is 9.64 Å². The van der Waals surface area contributed by atoms with Gasteiger partial charge in [-0.05, 0) is 48.4 Å². The molecule has 1 fully saturated rings. The van der Waals surface area contributed by atoms with Crippen molar-refractivity contribution < 1.29 is 19.4 Å². The van der Waals surface area contributed by atoms with E-state index in [0.717, 1.165) is 11.3 Å². The van der Waals surface area contributed by atoms with Gasteiger partial charge in [-0.25, -0.2) is 4.98 Å². The number of ketones is 1. The minimum atomic E-state index is -0.840. The largest absolute Gasteiger partial charge is 0.507 e. The van der Waals surface area contributed by atoms with Gasteiger partial charge >= 0.3 is 5.91 Å². The van der Waals surface area contributed by atoms with E-state index in [0.29, 0.717) is 27.7 Å². The van der Waals surface area contributed by atoms with Crippen molar-refractivity contribution in [3.8, 4) is 5.75 Å². The Labute approximate surface area is 187 Å². The van der Waals surface area contributed by atoms with E-state index in [1.807, 2.05) is 6.92 Å². The second-order valence-corrected chi connectivity index (χ2v) is 8.80. The van der Waals surface area contributed by atoms with Crippen LogP contribution in [0.2, 0.25) is 5.02 Å². The number of hydrogen-bond donors (Lipinski definition) is 1. The van der Waals surface area contributed by atoms with Gasteiger partial charge in [-0.2, -0.15) is 0 Å². The monoisotopic (exact) mass is 452 g/mol. The summed E-state index contributed by atoms with van der Waals surface area (Å²) < 4.78 is 5.73. The molecular formula is C23H17ClN2O4S. The van der Waals surface area contributed by atoms with Crippen LogP contribution in [0.4, 0.5) is 5.13 Å². The average Bonchev–Trinajstić information content (AvgIpc) is 3.45. The van der Waals surface area contributed by atoms with E-state index in [4.69, 9.17) is 16.3 Å². The lowest BCUT2D eigenvalue weighted by Crippen LogP contribution is -2.29. The van der Waals surface area contributed by atoms with Gasteiger partial charge < -0.3 is 9.84 Å². The molecule has 6 nitrogen and oxygen atoms in total. The van der Waals surface area contributed by atoms with Crippen LogP contribution in [0.15, 0.2) is 59.6 Å². The first-order valence-corrected chi connectivity index (χ1v) is 11.0. The van der Waals surface area contributed by atoms with Crippen LogP contribution in [-0.2, 0) is 16.0 Å². The fraction of sp³-hybridized carbons (Fsp3) is 0.174. The van der Waals surface area contributed by atoms with Crippen molar-refractivity contribution >= 4 is 45.5 Å². The summed E-state index contributed by atoms with van der Waals surface area (Å²) in [5.74, 6) is -0.967. The third-order valence-corrected chi connectivity index (χ3v) is 6.41. The maximum absolute atomic E-state index is 13.1. The molecule has 5 rings (SSSR count). The number of hydrogen-bond acceptors (Lipinski definition) is 6. The summed E-state index contributed by atoms with van der Waals surface area (Å²) in [6.07, 6.45) is 2.33. The Kier molecular flexibility index (Phi) is 4.79. The maximum atomic E-state index is 13.1. The number of halogens is 1. The molecule has 2 atom stereocenters. The highest BCUT2D eigenvalue weighted by Gasteiger charge is 2.48. The van der Waals surface area contributed by atoms with E-state index < -0.39 is 17.7 Å². The molecule has 2 aromatic carbocycles. The first-order valence-electron chi connectivity index (χ1n) is 9.70. The lowest BCUT2D eigenvalue weighted by atomic mass is 9.94. The second kappa shape index (κ2) is 7.51. The molecule has 0 spiro atoms. The molecule has 31 heavy (non-hydrogen) atoms. The molecule has 1 amide bonds. The summed E-state index contributed by atoms with van der Waals surface area (Å²) in [6.45, 7) is 1.97. The number of carbonyl (C=O) groups excluding carboxylic acids is 2. The molecule has 0 aliphatic carbocycles. The lowest BCUT2D eigenvalue weighted by molar-refractivity contribution is -0.132. The van der Waals surface area contributed by atoms with Crippen LogP contribution in [0.25, 0.3) is 5.76 Å². The van der Waals surface area contributed by atoms with Gasteiger partial charge in [0.2, 0.25) is 0 Å². The molecule has 1 aromatic heterocycles. The number of aliphatic hydroxyl groups is 1. The van der Waals surface area contributed by atoms with E-state index in [1.165, 1.54) is 16.2 Å². The van der Waals surface area contributed by atoms with Gasteiger partial charge in [0.25, 0.3) is 5.78 Å². The van der Waals surface area contributed by atoms with Crippen molar-refractivity contribution in [1.82, 2.24) is 4.98 Å². The van der Waals surface area contributed by atoms with Gasteiger partial charge in [0, 0.05) is 28.6 Å². The van der Waals surface area contributed by atoms with E-state index >= 15 is 0 Å². The molecule has 2 aliphatic rings. The highest BCUT2D eigenvalue weighted by atomic mass is 35.5. The van der Waals surface area contributed by atoms with Crippen LogP contribution >= 0.6 is 22.9 Å². The zero-order valence-electron chi connectivity index (χ0n) is 16.4. The zero-order chi connectivity index (χ0) is 21.7. The predicted molar refractivity (Wildman–Crippen MR) is 119 cm³/mol. The minimum Gasteiger partial charge on any atom is -0.507 e. The number of rotatable bonds is 3. The van der Waals surface area contributed by atoms with Gasteiger partial charge in [0.05, 0.1) is 11.6 Å². The molecule has 0 radical (unpaired) electrons. The maximum Gasteiger partial charge on any atom is 0.301 e. The van der Waals surface area contributed by atoms with E-state index in [2.05, 4.69) is 4.98 Å². The molecule has 1 saturated heterocycles. The molecule has 3 heterocycles. The van der Waals surface area contributed by atoms with Gasteiger partial charge in [0.1, 0.15) is 17.6 Å². The number of benzene rings is 2. The van der Waals surface area contributed by atoms with Gasteiger partial charge in [-0.3, -0.25) is 14.5 Å². The lowest BCUT2D eigenvalue weighted by Gasteiger charge is -2.23. The smallest absolute Gasteiger partial charge is 0.301 e. The Hall–Kier alpha value is -3.16. The summed E-state index contributed by atoms with van der Waals surface area (Å²) >= 11 is 7.44. The number of Topliss-reactive ketones (excluding diaryl/α,β-unsaturated/α-hetero) is 1. The summed E-state index contributed by atoms with van der Waals surface area (Å²) in [5, 5.41) is 13.8. The third-order valence-electron chi connectivity index (χ3n) is 5.40. The number of carbonyl (C=O) groups is 2. The van der Waals surface area contributed by atoms with Crippen LogP contribution in [0.3, 0.4) is 0 Å². The molecule has 3 aromatic rings. The SMILES string of the molecule is C[C@H]1Cc2cc(C(O)=C3C(=O)C(=O)N(c4nccs4)[C@@H]3c3cccc(Cl)c3)ccc2O1. The number of ether oxygens (including phenoxy) is 1. The molecule has 0 saturated carbocycles. The second-order valence-electron chi connectivity index (χ2n) is 7.49. The highest BCUT2D eigenvalue weighted by molar-refractivity contribution is 7.14. The first-order chi connectivity index (χ1) is 14.9. The van der Waals surface area contributed by atoms with Crippen molar-refractivity contribution in [2.24, 2.45) is 0 Å². The summed E-state index contributed by atoms with van der Waals surface area (Å²) in [7, 11) is 0. The van der Waals surface area contributed by atoms with Gasteiger partial charge in [0.15, 0.2) is 5.13 Å². The van der Waals surface area contributed by atoms with Gasteiger partial charge in [-0.1, -0.05) is 23.7 Å². The van der Waals surface area contributed by atoms with Crippen molar-refractivity contribution in [1.29, 1.82) is 0 Å². The molecule has 0 unspecified atom stereocenters. The number of anilines is 1. The standard InChI is InChI=1S/C23H17ClN2O4S/c1-12-9-15-10-14(5-6-17(15)30-12)20(27)18-19(13-3-2-4-16(24)11-13)26(22(29)21(18)28)23-25-7-8-31-23/h2-8,10-12,19,27H,9H2,1H3/t12-,19+/m0/s1. The van der Waals surface area contributed by atoms with Crippen molar-refractivity contribution in [2.45, 2.75) is 25.5 Å². The van der Waals surface area contributed by atoms with Crippen molar-refractivity contribution in [2.75, 3.05) is 4.90 Å². The molecule has 2 aliphatic heterocycles. The Morgan fingerprint density at radius 2 is 2.10 bits per heavy atom. The number of thiazole rings is 1. The number of aliphatic hydroxyl groups excluding tert-OH is 1. The zero-order valence-corrected chi connectivity index (χ0v) is 18.0. The average molecular weight is 453 g/mol. The van der Waals surface area contributed by atoms with Crippen LogP contribution in [0.5, 0.6) is 5.75 Å². The third kappa shape index (κ3) is 3.30. The molecule has 0 bridgehead atoms. The predicted octanol–water partition coefficient (Wildman–Crippen LogP) is 4.75. The molecule has 8 heteroatoms. The van der Waals surface area contributed by atoms with E-state index in [1.54, 1.807) is 54.0 Å². The van der Waals surface area contributed by atoms with E-state index in [9.17, 15) is 14.7 Å². The van der Waals surface area contributed by atoms with Gasteiger partial charge in [-0.15, -0.1) is 11.3 Å². The van der Waals surface area contributed by atoms with Crippen molar-refractivity contribution in [3.63, 3.8) is 0 Å². The quantitative estimate of drug-likeness (QED) is 0.352. The number of fused-ring (bicyclic) bond motifs is 1. The van der Waals surface area contributed by atoms with Crippen LogP contribution in [-0.4, -0.2) is 27.9 Å². The molecule has 1 N–H and O–H groups in total.